The molecule has 4 nitrogen and oxygen atoms in total. The summed E-state index contributed by atoms with van der Waals surface area (Å²) >= 11 is 5.42. The van der Waals surface area contributed by atoms with E-state index in [1.165, 1.54) is 17.0 Å². The molecule has 0 saturated carbocycles. The van der Waals surface area contributed by atoms with Crippen molar-refractivity contribution in [1.82, 2.24) is 20.2 Å². The molecule has 1 aliphatic rings. The molecule has 2 aromatic rings. The maximum absolute atomic E-state index is 5.42. The summed E-state index contributed by atoms with van der Waals surface area (Å²) in [5.74, 6) is 0. The summed E-state index contributed by atoms with van der Waals surface area (Å²) in [4.78, 5) is 9.97. The highest BCUT2D eigenvalue weighted by Crippen LogP contribution is 2.38. The van der Waals surface area contributed by atoms with Gasteiger partial charge in [0.15, 0.2) is 5.11 Å². The van der Waals surface area contributed by atoms with Crippen LogP contribution in [0, 0.1) is 13.8 Å². The number of likely N-dealkylation sites (N-methyl/N-ethyl adjacent to an activating group) is 1. The van der Waals surface area contributed by atoms with E-state index in [1.807, 2.05) is 31.4 Å². The smallest absolute Gasteiger partial charge is 0.169 e. The maximum atomic E-state index is 5.42. The van der Waals surface area contributed by atoms with Crippen molar-refractivity contribution in [3.63, 3.8) is 0 Å². The molecule has 2 aromatic heterocycles. The van der Waals surface area contributed by atoms with Crippen molar-refractivity contribution in [2.45, 2.75) is 25.9 Å². The maximum Gasteiger partial charge on any atom is 0.169 e. The van der Waals surface area contributed by atoms with E-state index in [1.54, 1.807) is 0 Å². The summed E-state index contributed by atoms with van der Waals surface area (Å²) in [7, 11) is 2.03. The second-order valence-electron chi connectivity index (χ2n) is 5.27. The molecule has 104 valence electrons. The summed E-state index contributed by atoms with van der Waals surface area (Å²) in [6.07, 6.45) is 1.82. The van der Waals surface area contributed by atoms with Gasteiger partial charge in [0.1, 0.15) is 0 Å². The molecule has 0 aliphatic carbocycles. The van der Waals surface area contributed by atoms with Crippen LogP contribution in [0.5, 0.6) is 0 Å². The Balaban J connectivity index is 2.05. The van der Waals surface area contributed by atoms with Crippen molar-refractivity contribution < 1.29 is 0 Å². The van der Waals surface area contributed by atoms with Crippen LogP contribution >= 0.6 is 12.2 Å². The zero-order chi connectivity index (χ0) is 14.3. The lowest BCUT2D eigenvalue weighted by atomic mass is 9.97. The molecule has 0 amide bonds. The minimum absolute atomic E-state index is 0.0857. The lowest BCUT2D eigenvalue weighted by Gasteiger charge is -2.24. The van der Waals surface area contributed by atoms with E-state index in [-0.39, 0.29) is 12.1 Å². The summed E-state index contributed by atoms with van der Waals surface area (Å²) in [6, 6.07) is 8.44. The van der Waals surface area contributed by atoms with Crippen molar-refractivity contribution in [3.05, 3.63) is 53.1 Å². The zero-order valence-electron chi connectivity index (χ0n) is 11.8. The van der Waals surface area contributed by atoms with E-state index in [0.29, 0.717) is 0 Å². The number of rotatable bonds is 2. The fourth-order valence-corrected chi connectivity index (χ4v) is 3.14. The van der Waals surface area contributed by atoms with Gasteiger partial charge in [-0.2, -0.15) is 0 Å². The fourth-order valence-electron chi connectivity index (χ4n) is 2.90. The molecule has 0 radical (unpaired) electrons. The average molecular weight is 286 g/mol. The van der Waals surface area contributed by atoms with Crippen molar-refractivity contribution in [2.75, 3.05) is 7.05 Å². The lowest BCUT2D eigenvalue weighted by Crippen LogP contribution is -2.25. The van der Waals surface area contributed by atoms with Gasteiger partial charge in [-0.3, -0.25) is 4.98 Å². The summed E-state index contributed by atoms with van der Waals surface area (Å²) in [5, 5.41) is 4.15. The van der Waals surface area contributed by atoms with Crippen molar-refractivity contribution in [3.8, 4) is 0 Å². The molecule has 0 bridgehead atoms. The highest BCUT2D eigenvalue weighted by molar-refractivity contribution is 7.80. The Hall–Kier alpha value is -1.88. The Kier molecular flexibility index (Phi) is 3.22. The van der Waals surface area contributed by atoms with Gasteiger partial charge in [0, 0.05) is 24.6 Å². The van der Waals surface area contributed by atoms with Crippen molar-refractivity contribution in [1.29, 1.82) is 0 Å². The van der Waals surface area contributed by atoms with Gasteiger partial charge in [-0.05, 0) is 49.8 Å². The predicted octanol–water partition coefficient (Wildman–Crippen LogP) is 2.63. The molecule has 0 aromatic carbocycles. The van der Waals surface area contributed by atoms with Crippen LogP contribution in [0.4, 0.5) is 0 Å². The first-order valence-corrected chi connectivity index (χ1v) is 7.09. The molecule has 3 heterocycles. The summed E-state index contributed by atoms with van der Waals surface area (Å²) in [5.41, 5.74) is 4.64. The quantitative estimate of drug-likeness (QED) is 0.833. The van der Waals surface area contributed by atoms with Crippen LogP contribution in [-0.4, -0.2) is 27.0 Å². The van der Waals surface area contributed by atoms with Gasteiger partial charge < -0.3 is 15.2 Å². The largest absolute Gasteiger partial charge is 0.362 e. The Morgan fingerprint density at radius 2 is 2.10 bits per heavy atom. The first-order valence-electron chi connectivity index (χ1n) is 6.68. The molecule has 2 atom stereocenters. The van der Waals surface area contributed by atoms with Crippen LogP contribution in [0.25, 0.3) is 0 Å². The number of hydrogen-bond donors (Lipinski definition) is 2. The van der Waals surface area contributed by atoms with Crippen LogP contribution in [0.15, 0.2) is 30.5 Å². The van der Waals surface area contributed by atoms with Crippen LogP contribution in [0.3, 0.4) is 0 Å². The molecule has 5 heteroatoms. The van der Waals surface area contributed by atoms with E-state index in [4.69, 9.17) is 12.2 Å². The monoisotopic (exact) mass is 286 g/mol. The van der Waals surface area contributed by atoms with E-state index in [2.05, 4.69) is 40.1 Å². The predicted molar refractivity (Wildman–Crippen MR) is 83.5 cm³/mol. The van der Waals surface area contributed by atoms with Crippen LogP contribution in [-0.2, 0) is 0 Å². The Morgan fingerprint density at radius 1 is 1.30 bits per heavy atom. The standard InChI is InChI=1S/C15H18N4S/c1-9-8-11(10(2)17-9)14-13(18-15(20)19(14)3)12-6-4-5-7-16-12/h4-8,13-14,17H,1-3H3,(H,18,20)/t13-,14+/m1/s1. The number of aryl methyl sites for hydroxylation is 2. The third-order valence-electron chi connectivity index (χ3n) is 3.85. The Labute approximate surface area is 124 Å². The molecule has 1 fully saturated rings. The van der Waals surface area contributed by atoms with Gasteiger partial charge in [-0.25, -0.2) is 0 Å². The summed E-state index contributed by atoms with van der Waals surface area (Å²) in [6.45, 7) is 4.18. The topological polar surface area (TPSA) is 44.0 Å². The van der Waals surface area contributed by atoms with E-state index in [0.717, 1.165) is 10.8 Å². The highest BCUT2D eigenvalue weighted by atomic mass is 32.1. The molecule has 20 heavy (non-hydrogen) atoms. The number of nitrogens with one attached hydrogen (secondary N) is 2. The van der Waals surface area contributed by atoms with Crippen LogP contribution in [0.1, 0.15) is 34.7 Å². The zero-order valence-corrected chi connectivity index (χ0v) is 12.7. The first-order chi connectivity index (χ1) is 9.58. The number of H-pyrrole nitrogens is 1. The molecular formula is C15H18N4S. The molecule has 0 spiro atoms. The average Bonchev–Trinajstić information content (AvgIpc) is 2.91. The van der Waals surface area contributed by atoms with Gasteiger partial charge in [0.2, 0.25) is 0 Å². The minimum atomic E-state index is 0.0857. The van der Waals surface area contributed by atoms with Crippen molar-refractivity contribution >= 4 is 17.3 Å². The second kappa shape index (κ2) is 4.90. The van der Waals surface area contributed by atoms with Crippen LogP contribution in [0.2, 0.25) is 0 Å². The minimum Gasteiger partial charge on any atom is -0.362 e. The normalized spacial score (nSPS) is 22.1. The number of thiocarbonyl (C=S) groups is 1. The first kappa shape index (κ1) is 13.1. The highest BCUT2D eigenvalue weighted by Gasteiger charge is 2.38. The van der Waals surface area contributed by atoms with Gasteiger partial charge in [-0.1, -0.05) is 6.07 Å². The van der Waals surface area contributed by atoms with Crippen LogP contribution < -0.4 is 5.32 Å². The molecule has 0 unspecified atom stereocenters. The van der Waals surface area contributed by atoms with Gasteiger partial charge in [0.05, 0.1) is 17.8 Å². The molecular weight excluding hydrogens is 268 g/mol. The molecule has 1 saturated heterocycles. The lowest BCUT2D eigenvalue weighted by molar-refractivity contribution is 0.367. The number of aromatic nitrogens is 2. The third-order valence-corrected chi connectivity index (χ3v) is 4.25. The number of nitrogens with zero attached hydrogens (tertiary/aromatic N) is 2. The molecule has 1 aliphatic heterocycles. The Morgan fingerprint density at radius 3 is 2.70 bits per heavy atom. The van der Waals surface area contributed by atoms with Gasteiger partial charge >= 0.3 is 0 Å². The second-order valence-corrected chi connectivity index (χ2v) is 5.66. The molecule has 3 rings (SSSR count). The third kappa shape index (κ3) is 2.08. The Bertz CT molecular complexity index is 635. The van der Waals surface area contributed by atoms with E-state index in [9.17, 15) is 0 Å². The van der Waals surface area contributed by atoms with Gasteiger partial charge in [0.25, 0.3) is 0 Å². The van der Waals surface area contributed by atoms with E-state index >= 15 is 0 Å². The number of hydrogen-bond acceptors (Lipinski definition) is 2. The number of pyridine rings is 1. The SMILES string of the molecule is Cc1cc([C@H]2[C@@H](c3ccccn3)NC(=S)N2C)c(C)[nH]1. The molecule has 2 N–H and O–H groups in total. The van der Waals surface area contributed by atoms with E-state index < -0.39 is 0 Å². The fraction of sp³-hybridized carbons (Fsp3) is 0.333. The van der Waals surface area contributed by atoms with Gasteiger partial charge in [-0.15, -0.1) is 0 Å². The van der Waals surface area contributed by atoms with Crippen molar-refractivity contribution in [2.24, 2.45) is 0 Å². The summed E-state index contributed by atoms with van der Waals surface area (Å²) < 4.78 is 0. The number of aromatic amines is 1.